The predicted octanol–water partition coefficient (Wildman–Crippen LogP) is 2.86. The second-order valence-electron chi connectivity index (χ2n) is 6.51. The normalized spacial score (nSPS) is 16.0. The molecule has 1 amide bonds. The Morgan fingerprint density at radius 3 is 2.27 bits per heavy atom. The minimum Gasteiger partial charge on any atom is -0.445 e. The SMILES string of the molecule is O=C(NC(Cc1ccccc1)CN1CCOCC1)OCc1ccccc1. The van der Waals surface area contributed by atoms with E-state index >= 15 is 0 Å². The maximum Gasteiger partial charge on any atom is 0.407 e. The zero-order valence-corrected chi connectivity index (χ0v) is 15.0. The van der Waals surface area contributed by atoms with Gasteiger partial charge in [0, 0.05) is 25.7 Å². The molecule has 2 aromatic rings. The highest BCUT2D eigenvalue weighted by Gasteiger charge is 2.19. The summed E-state index contributed by atoms with van der Waals surface area (Å²) in [6, 6.07) is 19.9. The molecule has 5 heteroatoms. The van der Waals surface area contributed by atoms with Crippen LogP contribution >= 0.6 is 0 Å². The molecule has 3 rings (SSSR count). The lowest BCUT2D eigenvalue weighted by molar-refractivity contribution is 0.0331. The van der Waals surface area contributed by atoms with Gasteiger partial charge in [-0.15, -0.1) is 0 Å². The topological polar surface area (TPSA) is 50.8 Å². The molecular weight excluding hydrogens is 328 g/mol. The first kappa shape index (κ1) is 18.4. The lowest BCUT2D eigenvalue weighted by Crippen LogP contribution is -2.48. The maximum atomic E-state index is 12.3. The van der Waals surface area contributed by atoms with Gasteiger partial charge in [-0.25, -0.2) is 4.79 Å². The lowest BCUT2D eigenvalue weighted by Gasteiger charge is -2.30. The molecule has 1 N–H and O–H groups in total. The van der Waals surface area contributed by atoms with Crippen LogP contribution in [0.15, 0.2) is 60.7 Å². The van der Waals surface area contributed by atoms with Gasteiger partial charge in [-0.05, 0) is 17.5 Å². The first-order valence-electron chi connectivity index (χ1n) is 9.11. The van der Waals surface area contributed by atoms with Gasteiger partial charge in [0.15, 0.2) is 0 Å². The summed E-state index contributed by atoms with van der Waals surface area (Å²) in [7, 11) is 0. The summed E-state index contributed by atoms with van der Waals surface area (Å²) in [5.41, 5.74) is 2.18. The van der Waals surface area contributed by atoms with Crippen LogP contribution in [0.4, 0.5) is 4.79 Å². The number of carbonyl (C=O) groups is 1. The largest absolute Gasteiger partial charge is 0.445 e. The molecule has 1 fully saturated rings. The van der Waals surface area contributed by atoms with Gasteiger partial charge >= 0.3 is 6.09 Å². The van der Waals surface area contributed by atoms with Crippen molar-refractivity contribution in [3.05, 3.63) is 71.8 Å². The number of hydrogen-bond donors (Lipinski definition) is 1. The van der Waals surface area contributed by atoms with E-state index in [4.69, 9.17) is 9.47 Å². The molecule has 0 bridgehead atoms. The third-order valence-corrected chi connectivity index (χ3v) is 4.44. The molecule has 0 aliphatic carbocycles. The molecule has 26 heavy (non-hydrogen) atoms. The Balaban J connectivity index is 1.55. The molecule has 0 spiro atoms. The maximum absolute atomic E-state index is 12.3. The fraction of sp³-hybridized carbons (Fsp3) is 0.381. The number of rotatable bonds is 7. The van der Waals surface area contributed by atoms with Crippen LogP contribution in [-0.2, 0) is 22.5 Å². The van der Waals surface area contributed by atoms with Crippen molar-refractivity contribution < 1.29 is 14.3 Å². The Bertz CT molecular complexity index is 657. The summed E-state index contributed by atoms with van der Waals surface area (Å²) < 4.78 is 10.8. The van der Waals surface area contributed by atoms with E-state index in [0.29, 0.717) is 0 Å². The molecule has 1 aliphatic heterocycles. The van der Waals surface area contributed by atoms with Crippen molar-refractivity contribution >= 4 is 6.09 Å². The van der Waals surface area contributed by atoms with Gasteiger partial charge in [0.25, 0.3) is 0 Å². The molecule has 2 aromatic carbocycles. The van der Waals surface area contributed by atoms with E-state index in [-0.39, 0.29) is 18.7 Å². The standard InChI is InChI=1S/C21H26N2O3/c24-21(26-17-19-9-5-2-6-10-19)22-20(15-18-7-3-1-4-8-18)16-23-11-13-25-14-12-23/h1-10,20H,11-17H2,(H,22,24). The number of carbonyl (C=O) groups excluding carboxylic acids is 1. The van der Waals surface area contributed by atoms with Crippen LogP contribution in [0, 0.1) is 0 Å². The van der Waals surface area contributed by atoms with Crippen LogP contribution in [0.1, 0.15) is 11.1 Å². The highest BCUT2D eigenvalue weighted by Crippen LogP contribution is 2.08. The molecule has 1 heterocycles. The first-order chi connectivity index (χ1) is 12.8. The summed E-state index contributed by atoms with van der Waals surface area (Å²) in [4.78, 5) is 14.6. The van der Waals surface area contributed by atoms with Gasteiger partial charge in [0.1, 0.15) is 6.61 Å². The second-order valence-corrected chi connectivity index (χ2v) is 6.51. The van der Waals surface area contributed by atoms with E-state index in [2.05, 4.69) is 22.3 Å². The van der Waals surface area contributed by atoms with Crippen molar-refractivity contribution in [3.63, 3.8) is 0 Å². The van der Waals surface area contributed by atoms with Crippen LogP contribution in [0.2, 0.25) is 0 Å². The van der Waals surface area contributed by atoms with Crippen LogP contribution in [0.25, 0.3) is 0 Å². The third kappa shape index (κ3) is 6.17. The molecule has 138 valence electrons. The van der Waals surface area contributed by atoms with Crippen LogP contribution < -0.4 is 5.32 Å². The summed E-state index contributed by atoms with van der Waals surface area (Å²) in [6.45, 7) is 4.35. The monoisotopic (exact) mass is 354 g/mol. The zero-order valence-electron chi connectivity index (χ0n) is 15.0. The molecule has 1 saturated heterocycles. The molecule has 1 atom stereocenters. The summed E-state index contributed by atoms with van der Waals surface area (Å²) >= 11 is 0. The van der Waals surface area contributed by atoms with Gasteiger partial charge in [0.2, 0.25) is 0 Å². The average molecular weight is 354 g/mol. The van der Waals surface area contributed by atoms with Crippen LogP contribution in [-0.4, -0.2) is 49.9 Å². The summed E-state index contributed by atoms with van der Waals surface area (Å²) in [5, 5.41) is 3.04. The summed E-state index contributed by atoms with van der Waals surface area (Å²) in [5.74, 6) is 0. The smallest absolute Gasteiger partial charge is 0.407 e. The number of ether oxygens (including phenoxy) is 2. The van der Waals surface area contributed by atoms with Crippen molar-refractivity contribution in [2.75, 3.05) is 32.8 Å². The van der Waals surface area contributed by atoms with Gasteiger partial charge in [-0.3, -0.25) is 4.90 Å². The Kier molecular flexibility index (Phi) is 7.05. The Hall–Kier alpha value is -2.37. The Morgan fingerprint density at radius 1 is 1.00 bits per heavy atom. The van der Waals surface area contributed by atoms with E-state index in [0.717, 1.165) is 44.8 Å². The molecule has 1 unspecified atom stereocenters. The van der Waals surface area contributed by atoms with Gasteiger partial charge in [-0.2, -0.15) is 0 Å². The van der Waals surface area contributed by atoms with Gasteiger partial charge in [0.05, 0.1) is 13.2 Å². The lowest BCUT2D eigenvalue weighted by atomic mass is 10.1. The first-order valence-corrected chi connectivity index (χ1v) is 9.11. The fourth-order valence-corrected chi connectivity index (χ4v) is 3.09. The van der Waals surface area contributed by atoms with Crippen molar-refractivity contribution in [1.82, 2.24) is 10.2 Å². The van der Waals surface area contributed by atoms with E-state index in [1.54, 1.807) is 0 Å². The number of nitrogens with zero attached hydrogens (tertiary/aromatic N) is 1. The second kappa shape index (κ2) is 9.94. The highest BCUT2D eigenvalue weighted by molar-refractivity contribution is 5.67. The Morgan fingerprint density at radius 2 is 1.62 bits per heavy atom. The summed E-state index contributed by atoms with van der Waals surface area (Å²) in [6.07, 6.45) is 0.404. The number of hydrogen-bond acceptors (Lipinski definition) is 4. The molecular formula is C21H26N2O3. The quantitative estimate of drug-likeness (QED) is 0.831. The van der Waals surface area contributed by atoms with E-state index in [9.17, 15) is 4.79 Å². The highest BCUT2D eigenvalue weighted by atomic mass is 16.5. The van der Waals surface area contributed by atoms with Crippen LogP contribution in [0.5, 0.6) is 0 Å². The van der Waals surface area contributed by atoms with Crippen LogP contribution in [0.3, 0.4) is 0 Å². The zero-order chi connectivity index (χ0) is 18.0. The number of nitrogens with one attached hydrogen (secondary N) is 1. The average Bonchev–Trinajstić information content (AvgIpc) is 2.69. The number of amides is 1. The molecule has 5 nitrogen and oxygen atoms in total. The van der Waals surface area contributed by atoms with E-state index in [1.165, 1.54) is 5.56 Å². The van der Waals surface area contributed by atoms with Gasteiger partial charge in [-0.1, -0.05) is 60.7 Å². The number of alkyl carbamates (subject to hydrolysis) is 1. The fourth-order valence-electron chi connectivity index (χ4n) is 3.09. The third-order valence-electron chi connectivity index (χ3n) is 4.44. The van der Waals surface area contributed by atoms with Crippen molar-refractivity contribution in [3.8, 4) is 0 Å². The Labute approximate surface area is 154 Å². The van der Waals surface area contributed by atoms with E-state index in [1.807, 2.05) is 48.5 Å². The predicted molar refractivity (Wildman–Crippen MR) is 101 cm³/mol. The molecule has 0 radical (unpaired) electrons. The molecule has 0 aromatic heterocycles. The minimum atomic E-state index is -0.372. The van der Waals surface area contributed by atoms with Crippen molar-refractivity contribution in [2.24, 2.45) is 0 Å². The van der Waals surface area contributed by atoms with Crippen molar-refractivity contribution in [1.29, 1.82) is 0 Å². The number of morpholine rings is 1. The van der Waals surface area contributed by atoms with E-state index < -0.39 is 0 Å². The minimum absolute atomic E-state index is 0.00114. The number of benzene rings is 2. The van der Waals surface area contributed by atoms with Crippen molar-refractivity contribution in [2.45, 2.75) is 19.1 Å². The molecule has 1 aliphatic rings. The van der Waals surface area contributed by atoms with Gasteiger partial charge < -0.3 is 14.8 Å². The molecule has 0 saturated carbocycles.